The molecular formula is C13H21NS. The van der Waals surface area contributed by atoms with E-state index in [1.54, 1.807) is 10.4 Å². The van der Waals surface area contributed by atoms with Crippen LogP contribution in [0.1, 0.15) is 55.0 Å². The number of fused-ring (bicyclic) bond motifs is 1. The zero-order chi connectivity index (χ0) is 10.8. The fraction of sp³-hybridized carbons (Fsp3) is 0.692. The van der Waals surface area contributed by atoms with E-state index in [2.05, 4.69) is 32.2 Å². The summed E-state index contributed by atoms with van der Waals surface area (Å²) in [5.74, 6) is 0. The molecule has 2 heteroatoms. The van der Waals surface area contributed by atoms with Crippen LogP contribution in [-0.4, -0.2) is 6.04 Å². The molecule has 1 aromatic heterocycles. The monoisotopic (exact) mass is 223 g/mol. The summed E-state index contributed by atoms with van der Waals surface area (Å²) in [6, 6.07) is 3.57. The molecule has 0 saturated heterocycles. The van der Waals surface area contributed by atoms with Crippen molar-refractivity contribution in [3.05, 3.63) is 21.4 Å². The van der Waals surface area contributed by atoms with Crippen LogP contribution in [0.25, 0.3) is 0 Å². The minimum absolute atomic E-state index is 0.524. The number of aryl methyl sites for hydroxylation is 2. The molecule has 84 valence electrons. The SMILES string of the molecule is CCC(C)NC(C)c1cc2c(s1)CCC2. The molecule has 1 aliphatic rings. The summed E-state index contributed by atoms with van der Waals surface area (Å²) < 4.78 is 0. The van der Waals surface area contributed by atoms with E-state index >= 15 is 0 Å². The largest absolute Gasteiger partial charge is 0.307 e. The first-order chi connectivity index (χ1) is 7.20. The standard InChI is InChI=1S/C13H21NS/c1-4-9(2)14-10(3)13-8-11-6-5-7-12(11)15-13/h8-10,14H,4-7H2,1-3H3. The van der Waals surface area contributed by atoms with Crippen LogP contribution < -0.4 is 5.32 Å². The van der Waals surface area contributed by atoms with Crippen LogP contribution in [0.3, 0.4) is 0 Å². The van der Waals surface area contributed by atoms with Crippen molar-refractivity contribution in [3.63, 3.8) is 0 Å². The second-order valence-corrected chi connectivity index (χ2v) is 5.82. The van der Waals surface area contributed by atoms with Gasteiger partial charge in [-0.3, -0.25) is 0 Å². The maximum atomic E-state index is 3.64. The Morgan fingerprint density at radius 2 is 2.20 bits per heavy atom. The van der Waals surface area contributed by atoms with E-state index in [9.17, 15) is 0 Å². The van der Waals surface area contributed by atoms with Gasteiger partial charge < -0.3 is 5.32 Å². The van der Waals surface area contributed by atoms with Crippen molar-refractivity contribution in [1.29, 1.82) is 0 Å². The molecule has 1 heterocycles. The molecule has 2 rings (SSSR count). The maximum absolute atomic E-state index is 3.64. The molecule has 0 amide bonds. The first-order valence-corrected chi connectivity index (χ1v) is 6.90. The molecule has 0 fully saturated rings. The van der Waals surface area contributed by atoms with Gasteiger partial charge in [0.05, 0.1) is 0 Å². The summed E-state index contributed by atoms with van der Waals surface area (Å²) in [6.07, 6.45) is 5.20. The van der Waals surface area contributed by atoms with Crippen molar-refractivity contribution < 1.29 is 0 Å². The van der Waals surface area contributed by atoms with E-state index in [1.165, 1.54) is 30.6 Å². The molecule has 0 saturated carbocycles. The van der Waals surface area contributed by atoms with E-state index < -0.39 is 0 Å². The Morgan fingerprint density at radius 3 is 2.87 bits per heavy atom. The topological polar surface area (TPSA) is 12.0 Å². The lowest BCUT2D eigenvalue weighted by molar-refractivity contribution is 0.474. The fourth-order valence-electron chi connectivity index (χ4n) is 2.19. The minimum atomic E-state index is 0.524. The first kappa shape index (κ1) is 11.2. The van der Waals surface area contributed by atoms with Gasteiger partial charge in [-0.05, 0) is 51.2 Å². The average molecular weight is 223 g/mol. The second-order valence-electron chi connectivity index (χ2n) is 4.65. The fourth-order valence-corrected chi connectivity index (χ4v) is 3.46. The molecule has 0 spiro atoms. The molecule has 0 bridgehead atoms. The predicted octanol–water partition coefficient (Wildman–Crippen LogP) is 3.69. The molecular weight excluding hydrogens is 202 g/mol. The molecule has 0 aliphatic heterocycles. The molecule has 1 aromatic rings. The summed E-state index contributed by atoms with van der Waals surface area (Å²) in [7, 11) is 0. The van der Waals surface area contributed by atoms with Gasteiger partial charge in [-0.25, -0.2) is 0 Å². The highest BCUT2D eigenvalue weighted by atomic mass is 32.1. The Labute approximate surface area is 96.9 Å². The quantitative estimate of drug-likeness (QED) is 0.821. The normalized spacial score (nSPS) is 18.9. The third-order valence-electron chi connectivity index (χ3n) is 3.34. The number of rotatable bonds is 4. The highest BCUT2D eigenvalue weighted by molar-refractivity contribution is 7.12. The Balaban J connectivity index is 2.03. The molecule has 2 unspecified atom stereocenters. The Hall–Kier alpha value is -0.340. The van der Waals surface area contributed by atoms with Crippen LogP contribution >= 0.6 is 11.3 Å². The van der Waals surface area contributed by atoms with Gasteiger partial charge in [0.15, 0.2) is 0 Å². The van der Waals surface area contributed by atoms with Crippen molar-refractivity contribution in [2.75, 3.05) is 0 Å². The molecule has 1 N–H and O–H groups in total. The second kappa shape index (κ2) is 4.67. The van der Waals surface area contributed by atoms with Crippen molar-refractivity contribution in [3.8, 4) is 0 Å². The summed E-state index contributed by atoms with van der Waals surface area (Å²) in [4.78, 5) is 3.17. The predicted molar refractivity (Wildman–Crippen MR) is 67.6 cm³/mol. The summed E-state index contributed by atoms with van der Waals surface area (Å²) >= 11 is 2.02. The zero-order valence-electron chi connectivity index (χ0n) is 9.97. The van der Waals surface area contributed by atoms with Crippen molar-refractivity contribution >= 4 is 11.3 Å². The third-order valence-corrected chi connectivity index (χ3v) is 4.76. The van der Waals surface area contributed by atoms with Gasteiger partial charge in [-0.2, -0.15) is 0 Å². The molecule has 15 heavy (non-hydrogen) atoms. The van der Waals surface area contributed by atoms with E-state index in [0.717, 1.165) is 0 Å². The lowest BCUT2D eigenvalue weighted by atomic mass is 10.1. The maximum Gasteiger partial charge on any atom is 0.0388 e. The van der Waals surface area contributed by atoms with Gasteiger partial charge in [-0.15, -0.1) is 11.3 Å². The molecule has 0 aromatic carbocycles. The number of nitrogens with one attached hydrogen (secondary N) is 1. The van der Waals surface area contributed by atoms with E-state index in [-0.39, 0.29) is 0 Å². The minimum Gasteiger partial charge on any atom is -0.307 e. The zero-order valence-corrected chi connectivity index (χ0v) is 10.8. The van der Waals surface area contributed by atoms with Crippen molar-refractivity contribution in [1.82, 2.24) is 5.32 Å². The van der Waals surface area contributed by atoms with Gasteiger partial charge in [0.25, 0.3) is 0 Å². The van der Waals surface area contributed by atoms with Crippen LogP contribution in [-0.2, 0) is 12.8 Å². The molecule has 1 nitrogen and oxygen atoms in total. The average Bonchev–Trinajstić information content (AvgIpc) is 2.76. The Morgan fingerprint density at radius 1 is 1.40 bits per heavy atom. The number of thiophene rings is 1. The highest BCUT2D eigenvalue weighted by Gasteiger charge is 2.18. The van der Waals surface area contributed by atoms with Crippen molar-refractivity contribution in [2.24, 2.45) is 0 Å². The van der Waals surface area contributed by atoms with Gasteiger partial charge in [0, 0.05) is 21.8 Å². The van der Waals surface area contributed by atoms with E-state index in [1.807, 2.05) is 11.3 Å². The Kier molecular flexibility index (Phi) is 3.47. The smallest absolute Gasteiger partial charge is 0.0388 e. The molecule has 2 atom stereocenters. The van der Waals surface area contributed by atoms with Crippen LogP contribution in [0.15, 0.2) is 6.07 Å². The first-order valence-electron chi connectivity index (χ1n) is 6.08. The molecule has 0 radical (unpaired) electrons. The van der Waals surface area contributed by atoms with E-state index in [0.29, 0.717) is 12.1 Å². The lowest BCUT2D eigenvalue weighted by Crippen LogP contribution is -2.27. The summed E-state index contributed by atoms with van der Waals surface area (Å²) in [5, 5.41) is 3.64. The van der Waals surface area contributed by atoms with E-state index in [4.69, 9.17) is 0 Å². The Bertz CT molecular complexity index is 308. The van der Waals surface area contributed by atoms with Gasteiger partial charge in [0.2, 0.25) is 0 Å². The summed E-state index contributed by atoms with van der Waals surface area (Å²) in [5.41, 5.74) is 1.62. The lowest BCUT2D eigenvalue weighted by Gasteiger charge is -2.17. The summed E-state index contributed by atoms with van der Waals surface area (Å²) in [6.45, 7) is 6.78. The highest BCUT2D eigenvalue weighted by Crippen LogP contribution is 2.33. The van der Waals surface area contributed by atoms with Crippen molar-refractivity contribution in [2.45, 2.75) is 58.5 Å². The van der Waals surface area contributed by atoms with Crippen LogP contribution in [0.2, 0.25) is 0 Å². The van der Waals surface area contributed by atoms with Crippen LogP contribution in [0.5, 0.6) is 0 Å². The van der Waals surface area contributed by atoms with Gasteiger partial charge >= 0.3 is 0 Å². The van der Waals surface area contributed by atoms with Crippen LogP contribution in [0, 0.1) is 0 Å². The van der Waals surface area contributed by atoms with Gasteiger partial charge in [0.1, 0.15) is 0 Å². The third kappa shape index (κ3) is 2.43. The number of hydrogen-bond acceptors (Lipinski definition) is 2. The number of hydrogen-bond donors (Lipinski definition) is 1. The molecule has 1 aliphatic carbocycles. The van der Waals surface area contributed by atoms with Gasteiger partial charge in [-0.1, -0.05) is 6.92 Å². The van der Waals surface area contributed by atoms with Crippen LogP contribution in [0.4, 0.5) is 0 Å².